The molecule has 24 heavy (non-hydrogen) atoms. The molecule has 1 heterocycles. The number of aromatic nitrogens is 1. The Morgan fingerprint density at radius 1 is 1.21 bits per heavy atom. The number of carbonyl (C=O) groups is 1. The normalized spacial score (nSPS) is 30.9. The molecule has 1 aromatic heterocycles. The predicted octanol–water partition coefficient (Wildman–Crippen LogP) is 4.59. The molecule has 0 spiro atoms. The molecule has 2 bridgehead atoms. The average molecular weight is 324 g/mol. The fourth-order valence-corrected chi connectivity index (χ4v) is 5.31. The minimum absolute atomic E-state index is 0.0409. The van der Waals surface area contributed by atoms with Gasteiger partial charge in [0.25, 0.3) is 5.91 Å². The first-order valence-corrected chi connectivity index (χ1v) is 9.18. The number of H-pyrrole nitrogens is 1. The summed E-state index contributed by atoms with van der Waals surface area (Å²) >= 11 is 0. The number of carbonyl (C=O) groups excluding carboxylic acids is 1. The Balaban J connectivity index is 1.54. The summed E-state index contributed by atoms with van der Waals surface area (Å²) < 4.78 is 0. The van der Waals surface area contributed by atoms with Crippen LogP contribution in [0.2, 0.25) is 0 Å². The molecule has 3 aliphatic rings. The molecule has 2 N–H and O–H groups in total. The van der Waals surface area contributed by atoms with E-state index >= 15 is 0 Å². The Hall–Kier alpha value is -1.77. The average Bonchev–Trinajstić information content (AvgIpc) is 2.93. The van der Waals surface area contributed by atoms with Crippen LogP contribution in [0.4, 0.5) is 0 Å². The third-order valence-electron chi connectivity index (χ3n) is 7.00. The van der Waals surface area contributed by atoms with Crippen molar-refractivity contribution in [3.05, 3.63) is 35.0 Å². The maximum absolute atomic E-state index is 12.8. The van der Waals surface area contributed by atoms with Crippen molar-refractivity contribution in [3.8, 4) is 0 Å². The van der Waals surface area contributed by atoms with Crippen molar-refractivity contribution in [2.24, 2.45) is 23.2 Å². The molecule has 4 atom stereocenters. The molecule has 3 fully saturated rings. The third kappa shape index (κ3) is 2.21. The van der Waals surface area contributed by atoms with Gasteiger partial charge in [0.15, 0.2) is 0 Å². The van der Waals surface area contributed by atoms with E-state index in [1.807, 2.05) is 6.07 Å². The molecule has 3 heteroatoms. The maximum Gasteiger partial charge on any atom is 0.267 e. The highest BCUT2D eigenvalue weighted by Gasteiger charge is 2.56. The van der Waals surface area contributed by atoms with Crippen molar-refractivity contribution >= 4 is 16.8 Å². The number of amides is 1. The van der Waals surface area contributed by atoms with E-state index in [9.17, 15) is 4.79 Å². The molecule has 0 aliphatic heterocycles. The summed E-state index contributed by atoms with van der Waals surface area (Å²) in [4.78, 5) is 16.1. The lowest BCUT2D eigenvalue weighted by Crippen LogP contribution is -2.60. The summed E-state index contributed by atoms with van der Waals surface area (Å²) in [6, 6.07) is 6.58. The van der Waals surface area contributed by atoms with Gasteiger partial charge < -0.3 is 10.3 Å². The lowest BCUT2D eigenvalue weighted by Gasteiger charge is -2.62. The van der Waals surface area contributed by atoms with Gasteiger partial charge in [-0.15, -0.1) is 0 Å². The lowest BCUT2D eigenvalue weighted by atomic mass is 9.45. The van der Waals surface area contributed by atoms with Gasteiger partial charge >= 0.3 is 0 Å². The van der Waals surface area contributed by atoms with Crippen LogP contribution in [0.3, 0.4) is 0 Å². The monoisotopic (exact) mass is 324 g/mol. The number of benzene rings is 1. The predicted molar refractivity (Wildman–Crippen MR) is 98.2 cm³/mol. The summed E-state index contributed by atoms with van der Waals surface area (Å²) in [7, 11) is 0. The largest absolute Gasteiger partial charge is 0.351 e. The Labute approximate surface area is 144 Å². The molecule has 5 rings (SSSR count). The molecule has 0 saturated heterocycles. The summed E-state index contributed by atoms with van der Waals surface area (Å²) in [5, 5.41) is 4.45. The molecular formula is C21H28N2O. The molecule has 3 nitrogen and oxygen atoms in total. The van der Waals surface area contributed by atoms with Crippen LogP contribution >= 0.6 is 0 Å². The van der Waals surface area contributed by atoms with Crippen molar-refractivity contribution in [2.75, 3.05) is 0 Å². The molecular weight excluding hydrogens is 296 g/mol. The summed E-state index contributed by atoms with van der Waals surface area (Å²) in [6.45, 7) is 11.3. The van der Waals surface area contributed by atoms with Crippen molar-refractivity contribution in [1.82, 2.24) is 10.3 Å². The van der Waals surface area contributed by atoms with E-state index in [4.69, 9.17) is 0 Å². The summed E-state index contributed by atoms with van der Waals surface area (Å²) in [6.07, 6.45) is 2.46. The Bertz CT molecular complexity index is 817. The van der Waals surface area contributed by atoms with E-state index < -0.39 is 0 Å². The van der Waals surface area contributed by atoms with Gasteiger partial charge in [-0.1, -0.05) is 26.8 Å². The minimum Gasteiger partial charge on any atom is -0.351 e. The number of nitrogens with one attached hydrogen (secondary N) is 2. The van der Waals surface area contributed by atoms with Gasteiger partial charge in [-0.25, -0.2) is 0 Å². The molecule has 0 unspecified atom stereocenters. The summed E-state index contributed by atoms with van der Waals surface area (Å²) in [5.41, 5.74) is 4.63. The maximum atomic E-state index is 12.8. The van der Waals surface area contributed by atoms with Crippen molar-refractivity contribution < 1.29 is 4.79 Å². The molecule has 2 aromatic rings. The van der Waals surface area contributed by atoms with E-state index in [2.05, 4.69) is 57.1 Å². The molecule has 3 saturated carbocycles. The Kier molecular flexibility index (Phi) is 3.35. The van der Waals surface area contributed by atoms with Gasteiger partial charge in [0.2, 0.25) is 0 Å². The molecule has 3 aliphatic carbocycles. The van der Waals surface area contributed by atoms with Crippen molar-refractivity contribution in [2.45, 2.75) is 53.5 Å². The minimum atomic E-state index is 0.0409. The number of hydrogen-bond acceptors (Lipinski definition) is 1. The molecule has 1 aromatic carbocycles. The first-order valence-electron chi connectivity index (χ1n) is 9.18. The SMILES string of the molecule is Cc1cc(C)c2cc(C(=O)N[C@@H]3C[C@H]4C[C@H]([C@H]3C)C4(C)C)[nH]c2c1. The number of fused-ring (bicyclic) bond motifs is 3. The second-order valence-electron chi connectivity index (χ2n) is 8.76. The van der Waals surface area contributed by atoms with Crippen LogP contribution in [0.1, 0.15) is 55.2 Å². The molecule has 128 valence electrons. The van der Waals surface area contributed by atoms with Gasteiger partial charge in [0.1, 0.15) is 5.69 Å². The molecule has 0 radical (unpaired) electrons. The second-order valence-corrected chi connectivity index (χ2v) is 8.76. The first-order chi connectivity index (χ1) is 11.3. The molecule has 1 amide bonds. The van der Waals surface area contributed by atoms with E-state index in [-0.39, 0.29) is 5.91 Å². The zero-order valence-electron chi connectivity index (χ0n) is 15.4. The van der Waals surface area contributed by atoms with Crippen LogP contribution in [-0.4, -0.2) is 16.9 Å². The van der Waals surface area contributed by atoms with Crippen LogP contribution in [0, 0.1) is 37.0 Å². The highest BCUT2D eigenvalue weighted by molar-refractivity contribution is 5.99. The number of aryl methyl sites for hydroxylation is 2. The van der Waals surface area contributed by atoms with E-state index in [0.29, 0.717) is 23.1 Å². The van der Waals surface area contributed by atoms with E-state index in [1.54, 1.807) is 0 Å². The fourth-order valence-electron chi connectivity index (χ4n) is 5.31. The van der Waals surface area contributed by atoms with Crippen LogP contribution in [0.5, 0.6) is 0 Å². The zero-order chi connectivity index (χ0) is 17.2. The highest BCUT2D eigenvalue weighted by Crippen LogP contribution is 2.61. The number of hydrogen-bond donors (Lipinski definition) is 2. The Morgan fingerprint density at radius 2 is 1.96 bits per heavy atom. The lowest BCUT2D eigenvalue weighted by molar-refractivity contribution is -0.113. The van der Waals surface area contributed by atoms with Crippen molar-refractivity contribution in [1.29, 1.82) is 0 Å². The first kappa shape index (κ1) is 15.7. The standard InChI is InChI=1S/C21H28N2O/c1-11-6-12(2)15-10-19(22-18(15)7-11)20(24)23-17-9-14-8-16(13(17)3)21(14,4)5/h6-7,10,13-14,16-17,22H,8-9H2,1-5H3,(H,23,24)/t13-,14-,16-,17-/m1/s1. The zero-order valence-corrected chi connectivity index (χ0v) is 15.4. The highest BCUT2D eigenvalue weighted by atomic mass is 16.1. The fraction of sp³-hybridized carbons (Fsp3) is 0.571. The third-order valence-corrected chi connectivity index (χ3v) is 7.00. The number of rotatable bonds is 2. The van der Waals surface area contributed by atoms with Crippen LogP contribution in [0.15, 0.2) is 18.2 Å². The quantitative estimate of drug-likeness (QED) is 0.834. The smallest absolute Gasteiger partial charge is 0.267 e. The van der Waals surface area contributed by atoms with E-state index in [1.165, 1.54) is 17.5 Å². The van der Waals surface area contributed by atoms with Gasteiger partial charge in [-0.3, -0.25) is 4.79 Å². The van der Waals surface area contributed by atoms with Gasteiger partial charge in [-0.2, -0.15) is 0 Å². The Morgan fingerprint density at radius 3 is 2.62 bits per heavy atom. The van der Waals surface area contributed by atoms with Crippen molar-refractivity contribution in [3.63, 3.8) is 0 Å². The van der Waals surface area contributed by atoms with Crippen LogP contribution in [0.25, 0.3) is 10.9 Å². The van der Waals surface area contributed by atoms with Crippen LogP contribution in [-0.2, 0) is 0 Å². The van der Waals surface area contributed by atoms with Gasteiger partial charge in [0, 0.05) is 16.9 Å². The summed E-state index contributed by atoms with van der Waals surface area (Å²) in [5.74, 6) is 2.10. The van der Waals surface area contributed by atoms with Gasteiger partial charge in [-0.05, 0) is 73.1 Å². The van der Waals surface area contributed by atoms with Crippen LogP contribution < -0.4 is 5.32 Å². The van der Waals surface area contributed by atoms with E-state index in [0.717, 1.165) is 29.2 Å². The topological polar surface area (TPSA) is 44.9 Å². The second kappa shape index (κ2) is 5.11. The number of aromatic amines is 1. The van der Waals surface area contributed by atoms with Gasteiger partial charge in [0.05, 0.1) is 0 Å².